The molecule has 5 nitrogen and oxygen atoms in total. The number of imide groups is 1. The number of hydrogen-bond acceptors (Lipinski definition) is 5. The van der Waals surface area contributed by atoms with E-state index in [2.05, 4.69) is 15.9 Å². The highest BCUT2D eigenvalue weighted by atomic mass is 79.9. The van der Waals surface area contributed by atoms with Crippen molar-refractivity contribution >= 4 is 50.6 Å². The molecule has 1 saturated heterocycles. The van der Waals surface area contributed by atoms with Crippen LogP contribution in [0.4, 0.5) is 10.5 Å². The first-order valence-corrected chi connectivity index (χ1v) is 9.49. The Morgan fingerprint density at radius 3 is 2.54 bits per heavy atom. The Morgan fingerprint density at radius 1 is 1.15 bits per heavy atom. The van der Waals surface area contributed by atoms with Gasteiger partial charge in [0.25, 0.3) is 11.1 Å². The zero-order valence-corrected chi connectivity index (χ0v) is 16.6. The van der Waals surface area contributed by atoms with Crippen LogP contribution >= 0.6 is 27.7 Å². The second-order valence-corrected chi connectivity index (χ2v) is 7.16. The van der Waals surface area contributed by atoms with E-state index >= 15 is 0 Å². The van der Waals surface area contributed by atoms with Gasteiger partial charge in [0.2, 0.25) is 0 Å². The molecule has 0 atom stereocenters. The highest BCUT2D eigenvalue weighted by Gasteiger charge is 2.36. The van der Waals surface area contributed by atoms with E-state index in [1.54, 1.807) is 49.6 Å². The van der Waals surface area contributed by atoms with E-state index < -0.39 is 0 Å². The van der Waals surface area contributed by atoms with Gasteiger partial charge < -0.3 is 9.47 Å². The first-order chi connectivity index (χ1) is 12.5. The molecule has 2 aromatic carbocycles. The summed E-state index contributed by atoms with van der Waals surface area (Å²) in [4.78, 5) is 26.5. The minimum atomic E-state index is -0.342. The third kappa shape index (κ3) is 3.64. The number of nitrogens with zero attached hydrogens (tertiary/aromatic N) is 1. The number of thioether (sulfide) groups is 1. The number of amides is 2. The van der Waals surface area contributed by atoms with E-state index in [-0.39, 0.29) is 11.1 Å². The lowest BCUT2D eigenvalue weighted by molar-refractivity contribution is -0.113. The number of carbonyl (C=O) groups excluding carboxylic acids is 2. The number of anilines is 1. The van der Waals surface area contributed by atoms with Crippen molar-refractivity contribution < 1.29 is 19.1 Å². The van der Waals surface area contributed by atoms with Gasteiger partial charge in [0, 0.05) is 4.47 Å². The van der Waals surface area contributed by atoms with Crippen LogP contribution in [-0.2, 0) is 4.79 Å². The maximum atomic E-state index is 12.7. The molecule has 1 heterocycles. The Kier molecular flexibility index (Phi) is 5.68. The quantitative estimate of drug-likeness (QED) is 0.614. The molecule has 0 aliphatic carbocycles. The predicted molar refractivity (Wildman–Crippen MR) is 107 cm³/mol. The molecule has 3 rings (SSSR count). The molecular weight excluding hydrogens is 418 g/mol. The van der Waals surface area contributed by atoms with Crippen molar-refractivity contribution in [2.75, 3.05) is 18.6 Å². The molecule has 1 fully saturated rings. The Hall–Kier alpha value is -2.25. The van der Waals surface area contributed by atoms with Crippen molar-refractivity contribution in [3.63, 3.8) is 0 Å². The molecule has 0 N–H and O–H groups in total. The van der Waals surface area contributed by atoms with Crippen LogP contribution < -0.4 is 14.4 Å². The van der Waals surface area contributed by atoms with E-state index in [9.17, 15) is 9.59 Å². The zero-order valence-electron chi connectivity index (χ0n) is 14.2. The van der Waals surface area contributed by atoms with Crippen LogP contribution in [0.3, 0.4) is 0 Å². The summed E-state index contributed by atoms with van der Waals surface area (Å²) >= 11 is 4.40. The normalized spacial score (nSPS) is 15.7. The average molecular weight is 434 g/mol. The fourth-order valence-corrected chi connectivity index (χ4v) is 3.77. The zero-order chi connectivity index (χ0) is 18.7. The molecule has 0 spiro atoms. The van der Waals surface area contributed by atoms with E-state index in [1.165, 1.54) is 4.90 Å². The van der Waals surface area contributed by atoms with Crippen LogP contribution in [-0.4, -0.2) is 24.9 Å². The number of hydrogen-bond donors (Lipinski definition) is 0. The van der Waals surface area contributed by atoms with Crippen molar-refractivity contribution in [2.45, 2.75) is 6.92 Å². The van der Waals surface area contributed by atoms with Gasteiger partial charge in [-0.1, -0.05) is 34.1 Å². The lowest BCUT2D eigenvalue weighted by Gasteiger charge is -2.12. The third-order valence-corrected chi connectivity index (χ3v) is 5.23. The number of rotatable bonds is 5. The fraction of sp³-hybridized carbons (Fsp3) is 0.158. The van der Waals surface area contributed by atoms with Crippen molar-refractivity contribution in [1.82, 2.24) is 0 Å². The minimum Gasteiger partial charge on any atom is -0.493 e. The molecule has 26 heavy (non-hydrogen) atoms. The molecule has 0 unspecified atom stereocenters. The molecule has 0 aromatic heterocycles. The van der Waals surface area contributed by atoms with Crippen LogP contribution in [0.2, 0.25) is 0 Å². The summed E-state index contributed by atoms with van der Waals surface area (Å²) in [6, 6.07) is 12.4. The Morgan fingerprint density at radius 2 is 1.88 bits per heavy atom. The lowest BCUT2D eigenvalue weighted by atomic mass is 10.1. The summed E-state index contributed by atoms with van der Waals surface area (Å²) in [7, 11) is 1.55. The molecule has 1 aliphatic heterocycles. The van der Waals surface area contributed by atoms with Crippen LogP contribution in [0, 0.1) is 0 Å². The number of ether oxygens (including phenoxy) is 2. The number of benzene rings is 2. The van der Waals surface area contributed by atoms with Crippen molar-refractivity contribution in [3.8, 4) is 11.5 Å². The standard InChI is InChI=1S/C19H16BrNO4S/c1-3-25-16-11-14(20)12(9-15(16)24-2)10-17-18(22)21(19(23)26-17)13-7-5-4-6-8-13/h4-11H,3H2,1-2H3/b17-10-. The second kappa shape index (κ2) is 7.97. The fourth-order valence-electron chi connectivity index (χ4n) is 2.50. The SMILES string of the molecule is CCOc1cc(Br)c(/C=C2\SC(=O)N(c3ccccc3)C2=O)cc1OC. The average Bonchev–Trinajstić information content (AvgIpc) is 2.91. The number of para-hydroxylation sites is 1. The van der Waals surface area contributed by atoms with Gasteiger partial charge in [-0.05, 0) is 54.6 Å². The van der Waals surface area contributed by atoms with Gasteiger partial charge in [0.1, 0.15) is 0 Å². The van der Waals surface area contributed by atoms with Crippen molar-refractivity contribution in [1.29, 1.82) is 0 Å². The Bertz CT molecular complexity index is 883. The summed E-state index contributed by atoms with van der Waals surface area (Å²) in [5.74, 6) is 0.825. The highest BCUT2D eigenvalue weighted by molar-refractivity contribution is 9.10. The van der Waals surface area contributed by atoms with Gasteiger partial charge in [0.05, 0.1) is 24.3 Å². The summed E-state index contributed by atoms with van der Waals surface area (Å²) in [5, 5.41) is -0.318. The number of halogens is 1. The first-order valence-electron chi connectivity index (χ1n) is 7.88. The Labute approximate surface area is 164 Å². The maximum absolute atomic E-state index is 12.7. The van der Waals surface area contributed by atoms with Crippen molar-refractivity contribution in [3.05, 3.63) is 57.4 Å². The minimum absolute atomic E-state index is 0.318. The molecule has 1 aliphatic rings. The van der Waals surface area contributed by atoms with E-state index in [4.69, 9.17) is 9.47 Å². The summed E-state index contributed by atoms with van der Waals surface area (Å²) < 4.78 is 11.6. The molecule has 0 radical (unpaired) electrons. The molecule has 2 amide bonds. The summed E-state index contributed by atoms with van der Waals surface area (Å²) in [6.07, 6.45) is 1.68. The molecule has 2 aromatic rings. The monoisotopic (exact) mass is 433 g/mol. The number of methoxy groups -OCH3 is 1. The first kappa shape index (κ1) is 18.5. The van der Waals surface area contributed by atoms with Crippen LogP contribution in [0.15, 0.2) is 51.8 Å². The van der Waals surface area contributed by atoms with Crippen LogP contribution in [0.1, 0.15) is 12.5 Å². The van der Waals surface area contributed by atoms with Crippen molar-refractivity contribution in [2.24, 2.45) is 0 Å². The van der Waals surface area contributed by atoms with E-state index in [1.807, 2.05) is 13.0 Å². The van der Waals surface area contributed by atoms with Crippen LogP contribution in [0.25, 0.3) is 6.08 Å². The Balaban J connectivity index is 1.96. The van der Waals surface area contributed by atoms with E-state index in [0.29, 0.717) is 28.7 Å². The lowest BCUT2D eigenvalue weighted by Crippen LogP contribution is -2.27. The summed E-state index contributed by atoms with van der Waals surface area (Å²) in [5.41, 5.74) is 1.28. The van der Waals surface area contributed by atoms with Gasteiger partial charge in [-0.2, -0.15) is 0 Å². The predicted octanol–water partition coefficient (Wildman–Crippen LogP) is 5.10. The van der Waals surface area contributed by atoms with Gasteiger partial charge >= 0.3 is 0 Å². The molecule has 7 heteroatoms. The van der Waals surface area contributed by atoms with Gasteiger partial charge in [-0.3, -0.25) is 9.59 Å². The second-order valence-electron chi connectivity index (χ2n) is 5.31. The topological polar surface area (TPSA) is 55.8 Å². The van der Waals surface area contributed by atoms with Gasteiger partial charge in [-0.25, -0.2) is 4.90 Å². The van der Waals surface area contributed by atoms with E-state index in [0.717, 1.165) is 21.8 Å². The maximum Gasteiger partial charge on any atom is 0.298 e. The molecular formula is C19H16BrNO4S. The molecule has 0 saturated carbocycles. The largest absolute Gasteiger partial charge is 0.493 e. The van der Waals surface area contributed by atoms with Gasteiger partial charge in [0.15, 0.2) is 11.5 Å². The third-order valence-electron chi connectivity index (χ3n) is 3.68. The smallest absolute Gasteiger partial charge is 0.298 e. The van der Waals surface area contributed by atoms with Crippen LogP contribution in [0.5, 0.6) is 11.5 Å². The summed E-state index contributed by atoms with van der Waals surface area (Å²) in [6.45, 7) is 2.40. The van der Waals surface area contributed by atoms with Gasteiger partial charge in [-0.15, -0.1) is 0 Å². The highest BCUT2D eigenvalue weighted by Crippen LogP contribution is 2.39. The number of carbonyl (C=O) groups is 2. The molecule has 134 valence electrons. The molecule has 0 bridgehead atoms.